The summed E-state index contributed by atoms with van der Waals surface area (Å²) in [6, 6.07) is 1.98. The van der Waals surface area contributed by atoms with E-state index in [4.69, 9.17) is 14.2 Å². The van der Waals surface area contributed by atoms with Gasteiger partial charge in [0.15, 0.2) is 0 Å². The first-order valence-corrected chi connectivity index (χ1v) is 9.48. The molecule has 0 aromatic carbocycles. The maximum Gasteiger partial charge on any atom is 0.317 e. The van der Waals surface area contributed by atoms with Gasteiger partial charge < -0.3 is 24.4 Å². The topological polar surface area (TPSA) is 60.0 Å². The van der Waals surface area contributed by atoms with Gasteiger partial charge in [0, 0.05) is 13.2 Å². The molecule has 2 fully saturated rings. The van der Waals surface area contributed by atoms with Crippen molar-refractivity contribution in [1.82, 2.24) is 10.2 Å². The lowest BCUT2D eigenvalue weighted by Gasteiger charge is -2.37. The average Bonchev–Trinajstić information content (AvgIpc) is 3.25. The summed E-state index contributed by atoms with van der Waals surface area (Å²) in [4.78, 5) is 14.4. The molecule has 0 saturated carbocycles. The molecule has 24 heavy (non-hydrogen) atoms. The molecule has 6 nitrogen and oxygen atoms in total. The largest absolute Gasteiger partial charge is 0.379 e. The molecule has 2 aliphatic rings. The number of hydrogen-bond acceptors (Lipinski definition) is 5. The van der Waals surface area contributed by atoms with Crippen LogP contribution in [0.4, 0.5) is 4.79 Å². The van der Waals surface area contributed by atoms with Crippen molar-refractivity contribution in [3.8, 4) is 0 Å². The molecule has 7 heteroatoms. The first kappa shape index (κ1) is 17.7. The molecule has 1 N–H and O–H groups in total. The lowest BCUT2D eigenvalue weighted by Crippen LogP contribution is -2.52. The van der Waals surface area contributed by atoms with Crippen molar-refractivity contribution in [2.24, 2.45) is 0 Å². The van der Waals surface area contributed by atoms with Crippen LogP contribution in [0.2, 0.25) is 0 Å². The average molecular weight is 354 g/mol. The Balaban J connectivity index is 1.47. The molecule has 1 aromatic heterocycles. The number of carbonyl (C=O) groups is 1. The summed E-state index contributed by atoms with van der Waals surface area (Å²) >= 11 is 1.65. The number of ether oxygens (including phenoxy) is 3. The molecule has 3 heterocycles. The first-order chi connectivity index (χ1) is 11.6. The Morgan fingerprint density at radius 3 is 3.12 bits per heavy atom. The van der Waals surface area contributed by atoms with Crippen LogP contribution in [0.1, 0.15) is 31.9 Å². The fourth-order valence-corrected chi connectivity index (χ4v) is 3.73. The molecule has 0 aliphatic carbocycles. The monoisotopic (exact) mass is 354 g/mol. The van der Waals surface area contributed by atoms with E-state index >= 15 is 0 Å². The minimum atomic E-state index is -0.0517. The number of morpholine rings is 1. The highest BCUT2D eigenvalue weighted by Crippen LogP contribution is 2.26. The van der Waals surface area contributed by atoms with Gasteiger partial charge in [-0.25, -0.2) is 4.79 Å². The SMILES string of the molecule is CC(COC1CCOC1)NC(=O)N1CC(C)OC(c2ccsc2)C1. The zero-order chi connectivity index (χ0) is 16.9. The zero-order valence-corrected chi connectivity index (χ0v) is 15.1. The quantitative estimate of drug-likeness (QED) is 0.882. The number of nitrogens with zero attached hydrogens (tertiary/aromatic N) is 1. The molecule has 1 aromatic rings. The second kappa shape index (κ2) is 8.29. The fourth-order valence-electron chi connectivity index (χ4n) is 3.03. The van der Waals surface area contributed by atoms with E-state index in [0.717, 1.165) is 18.6 Å². The van der Waals surface area contributed by atoms with E-state index in [0.29, 0.717) is 26.3 Å². The highest BCUT2D eigenvalue weighted by atomic mass is 32.1. The van der Waals surface area contributed by atoms with Crippen LogP contribution in [0.3, 0.4) is 0 Å². The predicted molar refractivity (Wildman–Crippen MR) is 92.3 cm³/mol. The summed E-state index contributed by atoms with van der Waals surface area (Å²) in [5.41, 5.74) is 1.14. The Bertz CT molecular complexity index is 519. The van der Waals surface area contributed by atoms with Gasteiger partial charge in [-0.15, -0.1) is 0 Å². The molecule has 4 unspecified atom stereocenters. The smallest absolute Gasteiger partial charge is 0.317 e. The van der Waals surface area contributed by atoms with Crippen molar-refractivity contribution in [1.29, 1.82) is 0 Å². The van der Waals surface area contributed by atoms with Crippen molar-refractivity contribution in [2.45, 2.75) is 44.6 Å². The minimum Gasteiger partial charge on any atom is -0.379 e. The molecule has 0 spiro atoms. The molecule has 134 valence electrons. The zero-order valence-electron chi connectivity index (χ0n) is 14.3. The van der Waals surface area contributed by atoms with E-state index in [-0.39, 0.29) is 30.4 Å². The second-order valence-corrected chi connectivity index (χ2v) is 7.35. The number of rotatable bonds is 5. The Hall–Kier alpha value is -1.15. The van der Waals surface area contributed by atoms with Crippen molar-refractivity contribution < 1.29 is 19.0 Å². The van der Waals surface area contributed by atoms with Crippen LogP contribution in [0.15, 0.2) is 16.8 Å². The maximum atomic E-state index is 12.5. The summed E-state index contributed by atoms with van der Waals surface area (Å²) < 4.78 is 17.0. The number of nitrogens with one attached hydrogen (secondary N) is 1. The fraction of sp³-hybridized carbons (Fsp3) is 0.706. The molecular weight excluding hydrogens is 328 g/mol. The molecular formula is C17H26N2O4S. The third-order valence-corrected chi connectivity index (χ3v) is 5.00. The number of amides is 2. The van der Waals surface area contributed by atoms with Crippen molar-refractivity contribution >= 4 is 17.4 Å². The Labute approximate surface area is 147 Å². The van der Waals surface area contributed by atoms with Crippen molar-refractivity contribution in [2.75, 3.05) is 32.9 Å². The molecule has 2 amide bonds. The number of thiophene rings is 1. The second-order valence-electron chi connectivity index (χ2n) is 6.57. The van der Waals surface area contributed by atoms with E-state index in [1.807, 2.05) is 24.1 Å². The molecule has 4 atom stereocenters. The highest BCUT2D eigenvalue weighted by Gasteiger charge is 2.30. The number of urea groups is 1. The van der Waals surface area contributed by atoms with E-state index in [1.165, 1.54) is 0 Å². The van der Waals surface area contributed by atoms with Crippen LogP contribution >= 0.6 is 11.3 Å². The van der Waals surface area contributed by atoms with Crippen LogP contribution < -0.4 is 5.32 Å². The van der Waals surface area contributed by atoms with E-state index in [9.17, 15) is 4.79 Å². The molecule has 3 rings (SSSR count). The summed E-state index contributed by atoms with van der Waals surface area (Å²) in [7, 11) is 0. The Morgan fingerprint density at radius 2 is 2.42 bits per heavy atom. The van der Waals surface area contributed by atoms with E-state index in [1.54, 1.807) is 11.3 Å². The lowest BCUT2D eigenvalue weighted by atomic mass is 10.1. The highest BCUT2D eigenvalue weighted by molar-refractivity contribution is 7.07. The van der Waals surface area contributed by atoms with Gasteiger partial charge in [-0.3, -0.25) is 0 Å². The number of carbonyl (C=O) groups excluding carboxylic acids is 1. The van der Waals surface area contributed by atoms with Crippen LogP contribution in [-0.4, -0.2) is 62.1 Å². The molecule has 2 saturated heterocycles. The van der Waals surface area contributed by atoms with Gasteiger partial charge in [-0.2, -0.15) is 11.3 Å². The van der Waals surface area contributed by atoms with Crippen molar-refractivity contribution in [3.63, 3.8) is 0 Å². The third-order valence-electron chi connectivity index (χ3n) is 4.30. The van der Waals surface area contributed by atoms with Gasteiger partial charge in [0.05, 0.1) is 38.0 Å². The van der Waals surface area contributed by atoms with Crippen LogP contribution in [0.5, 0.6) is 0 Å². The summed E-state index contributed by atoms with van der Waals surface area (Å²) in [5.74, 6) is 0. The summed E-state index contributed by atoms with van der Waals surface area (Å²) in [6.45, 7) is 7.09. The summed E-state index contributed by atoms with van der Waals surface area (Å²) in [6.07, 6.45) is 1.07. The van der Waals surface area contributed by atoms with Gasteiger partial charge in [-0.05, 0) is 42.7 Å². The standard InChI is InChI=1S/C17H26N2O4S/c1-12(9-22-15-3-5-21-10-15)18-17(20)19-7-13(2)23-16(8-19)14-4-6-24-11-14/h4,6,11-13,15-16H,3,5,7-10H2,1-2H3,(H,18,20). The van der Waals surface area contributed by atoms with Gasteiger partial charge in [0.25, 0.3) is 0 Å². The normalized spacial score (nSPS) is 28.8. The first-order valence-electron chi connectivity index (χ1n) is 8.54. The molecule has 0 bridgehead atoms. The molecule has 0 radical (unpaired) electrons. The van der Waals surface area contributed by atoms with Gasteiger partial charge in [-0.1, -0.05) is 0 Å². The van der Waals surface area contributed by atoms with E-state index < -0.39 is 0 Å². The van der Waals surface area contributed by atoms with E-state index in [2.05, 4.69) is 16.8 Å². The van der Waals surface area contributed by atoms with Gasteiger partial charge in [0.2, 0.25) is 0 Å². The number of hydrogen-bond donors (Lipinski definition) is 1. The van der Waals surface area contributed by atoms with Gasteiger partial charge >= 0.3 is 6.03 Å². The Morgan fingerprint density at radius 1 is 1.54 bits per heavy atom. The summed E-state index contributed by atoms with van der Waals surface area (Å²) in [5, 5.41) is 7.15. The van der Waals surface area contributed by atoms with Crippen molar-refractivity contribution in [3.05, 3.63) is 22.4 Å². The third kappa shape index (κ3) is 4.69. The van der Waals surface area contributed by atoms with Gasteiger partial charge in [0.1, 0.15) is 6.10 Å². The van der Waals surface area contributed by atoms with Crippen LogP contribution in [-0.2, 0) is 14.2 Å². The predicted octanol–water partition coefficient (Wildman–Crippen LogP) is 2.41. The molecule has 2 aliphatic heterocycles. The van der Waals surface area contributed by atoms with Crippen LogP contribution in [0, 0.1) is 0 Å². The lowest BCUT2D eigenvalue weighted by molar-refractivity contribution is -0.0660. The maximum absolute atomic E-state index is 12.5. The van der Waals surface area contributed by atoms with Crippen LogP contribution in [0.25, 0.3) is 0 Å². The minimum absolute atomic E-state index is 0.0246. The Kier molecular flexibility index (Phi) is 6.10.